The van der Waals surface area contributed by atoms with Crippen LogP contribution in [0.1, 0.15) is 78.6 Å². The maximum Gasteiger partial charge on any atom is 0.410 e. The Morgan fingerprint density at radius 2 is 1.53 bits per heavy atom. The van der Waals surface area contributed by atoms with Crippen LogP contribution in [0, 0.1) is 0 Å². The lowest BCUT2D eigenvalue weighted by atomic mass is 9.95. The summed E-state index contributed by atoms with van der Waals surface area (Å²) in [4.78, 5) is 32.9. The number of rotatable bonds is 4. The highest BCUT2D eigenvalue weighted by Gasteiger charge is 2.45. The van der Waals surface area contributed by atoms with Crippen molar-refractivity contribution < 1.29 is 14.3 Å². The molecule has 3 fully saturated rings. The van der Waals surface area contributed by atoms with Crippen LogP contribution in [0.25, 0.3) is 0 Å². The largest absolute Gasteiger partial charge is 0.444 e. The Bertz CT molecular complexity index is 659. The van der Waals surface area contributed by atoms with Crippen molar-refractivity contribution in [3.8, 4) is 0 Å². The standard InChI is InChI=1S/C23H41N5O3.HI/c1-23(2,3)31-22(30)28-18-11-12-19(28)14-17(13-18)26-21(24-15-20(29)27(4)5)25-16-9-7-6-8-10-16;/h16-19H,6-15H2,1-5H3,(H2,24,25,26);1H. The average Bonchev–Trinajstić information content (AvgIpc) is 2.96. The van der Waals surface area contributed by atoms with E-state index in [1.54, 1.807) is 19.0 Å². The van der Waals surface area contributed by atoms with Crippen molar-refractivity contribution in [3.63, 3.8) is 0 Å². The summed E-state index contributed by atoms with van der Waals surface area (Å²) >= 11 is 0. The Kier molecular flexibility index (Phi) is 9.90. The van der Waals surface area contributed by atoms with Crippen LogP contribution in [-0.4, -0.2) is 78.2 Å². The SMILES string of the molecule is CN(C)C(=O)CN=C(NC1CCCCC1)NC1CC2CCC(C1)N2C(=O)OC(C)(C)C.I. The van der Waals surface area contributed by atoms with Gasteiger partial charge < -0.3 is 25.2 Å². The predicted molar refractivity (Wildman–Crippen MR) is 137 cm³/mol. The summed E-state index contributed by atoms with van der Waals surface area (Å²) in [6.45, 7) is 5.88. The number of ether oxygens (including phenoxy) is 1. The number of nitrogens with one attached hydrogen (secondary N) is 2. The van der Waals surface area contributed by atoms with Crippen LogP contribution < -0.4 is 10.6 Å². The van der Waals surface area contributed by atoms with Crippen molar-refractivity contribution in [2.75, 3.05) is 20.6 Å². The molecule has 2 atom stereocenters. The highest BCUT2D eigenvalue weighted by atomic mass is 127. The van der Waals surface area contributed by atoms with Crippen LogP contribution in [0.4, 0.5) is 4.79 Å². The molecule has 0 aromatic heterocycles. The van der Waals surface area contributed by atoms with E-state index in [1.165, 1.54) is 19.3 Å². The summed E-state index contributed by atoms with van der Waals surface area (Å²) in [5.41, 5.74) is -0.478. The van der Waals surface area contributed by atoms with Gasteiger partial charge in [-0.1, -0.05) is 19.3 Å². The normalized spacial score (nSPS) is 26.2. The lowest BCUT2D eigenvalue weighted by molar-refractivity contribution is -0.127. The minimum Gasteiger partial charge on any atom is -0.444 e. The third-order valence-corrected chi connectivity index (χ3v) is 6.50. The topological polar surface area (TPSA) is 86.3 Å². The number of halogens is 1. The quantitative estimate of drug-likeness (QED) is 0.311. The Balaban J connectivity index is 0.00000363. The molecule has 2 bridgehead atoms. The van der Waals surface area contributed by atoms with Gasteiger partial charge in [0, 0.05) is 38.3 Å². The first kappa shape index (κ1) is 27.0. The van der Waals surface area contributed by atoms with Gasteiger partial charge in [0.15, 0.2) is 5.96 Å². The summed E-state index contributed by atoms with van der Waals surface area (Å²) in [5.74, 6) is 0.724. The van der Waals surface area contributed by atoms with E-state index < -0.39 is 5.60 Å². The Labute approximate surface area is 210 Å². The maximum atomic E-state index is 12.7. The third-order valence-electron chi connectivity index (χ3n) is 6.50. The molecule has 184 valence electrons. The lowest BCUT2D eigenvalue weighted by Gasteiger charge is -2.40. The molecule has 2 saturated heterocycles. The predicted octanol–water partition coefficient (Wildman–Crippen LogP) is 3.49. The first-order valence-corrected chi connectivity index (χ1v) is 11.9. The highest BCUT2D eigenvalue weighted by molar-refractivity contribution is 14.0. The highest BCUT2D eigenvalue weighted by Crippen LogP contribution is 2.36. The van der Waals surface area contributed by atoms with Crippen LogP contribution in [0.2, 0.25) is 0 Å². The van der Waals surface area contributed by atoms with Crippen molar-refractivity contribution in [2.24, 2.45) is 4.99 Å². The van der Waals surface area contributed by atoms with Crippen molar-refractivity contribution in [3.05, 3.63) is 0 Å². The molecule has 1 saturated carbocycles. The van der Waals surface area contributed by atoms with Gasteiger partial charge in [-0.15, -0.1) is 24.0 Å². The van der Waals surface area contributed by atoms with Gasteiger partial charge >= 0.3 is 6.09 Å². The number of piperidine rings is 1. The molecule has 2 N–H and O–H groups in total. The minimum absolute atomic E-state index is 0. The van der Waals surface area contributed by atoms with Crippen molar-refractivity contribution >= 4 is 41.9 Å². The zero-order chi connectivity index (χ0) is 22.6. The van der Waals surface area contributed by atoms with Crippen LogP contribution in [0.5, 0.6) is 0 Å². The van der Waals surface area contributed by atoms with Gasteiger partial charge in [0.05, 0.1) is 0 Å². The molecule has 0 aromatic carbocycles. The van der Waals surface area contributed by atoms with Gasteiger partial charge in [0.2, 0.25) is 5.91 Å². The zero-order valence-corrected chi connectivity index (χ0v) is 22.7. The van der Waals surface area contributed by atoms with E-state index in [4.69, 9.17) is 4.74 Å². The molecule has 2 heterocycles. The second kappa shape index (κ2) is 11.7. The maximum absolute atomic E-state index is 12.7. The summed E-state index contributed by atoms with van der Waals surface area (Å²) in [7, 11) is 3.51. The number of likely N-dealkylation sites (N-methyl/N-ethyl adjacent to an activating group) is 1. The molecule has 2 amide bonds. The molecule has 0 spiro atoms. The monoisotopic (exact) mass is 563 g/mol. The number of aliphatic imine (C=N–C) groups is 1. The molecule has 8 nitrogen and oxygen atoms in total. The van der Waals surface area contributed by atoms with Gasteiger partial charge in [0.25, 0.3) is 0 Å². The Hall–Kier alpha value is -1.26. The molecule has 2 aliphatic heterocycles. The van der Waals surface area contributed by atoms with Crippen molar-refractivity contribution in [2.45, 2.75) is 108 Å². The smallest absolute Gasteiger partial charge is 0.410 e. The van der Waals surface area contributed by atoms with E-state index in [1.807, 2.05) is 25.7 Å². The van der Waals surface area contributed by atoms with E-state index in [-0.39, 0.29) is 60.6 Å². The van der Waals surface area contributed by atoms with E-state index in [0.717, 1.165) is 44.5 Å². The lowest BCUT2D eigenvalue weighted by Crippen LogP contribution is -2.56. The molecule has 32 heavy (non-hydrogen) atoms. The molecule has 3 aliphatic rings. The fraction of sp³-hybridized carbons (Fsp3) is 0.870. The van der Waals surface area contributed by atoms with Crippen LogP contribution in [-0.2, 0) is 9.53 Å². The van der Waals surface area contributed by atoms with E-state index in [2.05, 4.69) is 15.6 Å². The van der Waals surface area contributed by atoms with Crippen LogP contribution >= 0.6 is 24.0 Å². The number of hydrogen-bond donors (Lipinski definition) is 2. The number of carbonyl (C=O) groups excluding carboxylic acids is 2. The molecule has 1 aliphatic carbocycles. The average molecular weight is 564 g/mol. The molecule has 9 heteroatoms. The van der Waals surface area contributed by atoms with Crippen LogP contribution in [0.15, 0.2) is 4.99 Å². The Morgan fingerprint density at radius 3 is 2.06 bits per heavy atom. The number of fused-ring (bicyclic) bond motifs is 2. The Morgan fingerprint density at radius 1 is 0.969 bits per heavy atom. The van der Waals surface area contributed by atoms with Gasteiger partial charge in [-0.05, 0) is 59.3 Å². The zero-order valence-electron chi connectivity index (χ0n) is 20.4. The number of guanidine groups is 1. The number of carbonyl (C=O) groups is 2. The molecular weight excluding hydrogens is 521 g/mol. The van der Waals surface area contributed by atoms with E-state index in [0.29, 0.717) is 6.04 Å². The second-order valence-corrected chi connectivity index (χ2v) is 10.5. The molecule has 0 aromatic rings. The van der Waals surface area contributed by atoms with Gasteiger partial charge in [-0.2, -0.15) is 0 Å². The number of nitrogens with zero attached hydrogens (tertiary/aromatic N) is 3. The van der Waals surface area contributed by atoms with Crippen molar-refractivity contribution in [1.29, 1.82) is 0 Å². The van der Waals surface area contributed by atoms with Crippen LogP contribution in [0.3, 0.4) is 0 Å². The van der Waals surface area contributed by atoms with E-state index in [9.17, 15) is 9.59 Å². The van der Waals surface area contributed by atoms with Crippen molar-refractivity contribution in [1.82, 2.24) is 20.4 Å². The number of hydrogen-bond acceptors (Lipinski definition) is 4. The summed E-state index contributed by atoms with van der Waals surface area (Å²) in [6, 6.07) is 1.05. The number of amides is 2. The van der Waals surface area contributed by atoms with Gasteiger partial charge in [-0.3, -0.25) is 4.79 Å². The summed E-state index contributed by atoms with van der Waals surface area (Å²) < 4.78 is 5.65. The third kappa shape index (κ3) is 7.66. The minimum atomic E-state index is -0.478. The van der Waals surface area contributed by atoms with Gasteiger partial charge in [-0.25, -0.2) is 9.79 Å². The fourth-order valence-corrected chi connectivity index (χ4v) is 4.96. The molecule has 2 unspecified atom stereocenters. The van der Waals surface area contributed by atoms with E-state index >= 15 is 0 Å². The molecule has 3 rings (SSSR count). The second-order valence-electron chi connectivity index (χ2n) is 10.5. The summed E-state index contributed by atoms with van der Waals surface area (Å²) in [5, 5.41) is 7.17. The first-order chi connectivity index (χ1) is 14.6. The molecular formula is C23H42IN5O3. The summed E-state index contributed by atoms with van der Waals surface area (Å²) in [6.07, 6.45) is 9.65. The first-order valence-electron chi connectivity index (χ1n) is 11.9. The van der Waals surface area contributed by atoms with Gasteiger partial charge in [0.1, 0.15) is 12.1 Å². The fourth-order valence-electron chi connectivity index (χ4n) is 4.96. The molecule has 0 radical (unpaired) electrons.